The summed E-state index contributed by atoms with van der Waals surface area (Å²) in [4.78, 5) is 9.93. The van der Waals surface area contributed by atoms with Crippen LogP contribution in [-0.4, -0.2) is 11.7 Å². The third kappa shape index (κ3) is 2.42. The van der Waals surface area contributed by atoms with Gasteiger partial charge in [-0.25, -0.2) is 0 Å². The van der Waals surface area contributed by atoms with Crippen LogP contribution in [0.4, 0.5) is 5.88 Å². The Morgan fingerprint density at radius 1 is 1.29 bits per heavy atom. The van der Waals surface area contributed by atoms with Gasteiger partial charge in [0.05, 0.1) is 17.7 Å². The predicted octanol–water partition coefficient (Wildman–Crippen LogP) is 2.98. The first-order chi connectivity index (χ1) is 10.2. The highest BCUT2D eigenvalue weighted by Crippen LogP contribution is 2.34. The molecule has 7 heteroatoms. The third-order valence-electron chi connectivity index (χ3n) is 2.88. The van der Waals surface area contributed by atoms with Crippen LogP contribution >= 0.6 is 0 Å². The second kappa shape index (κ2) is 5.02. The maximum atomic E-state index is 10.6. The van der Waals surface area contributed by atoms with Gasteiger partial charge < -0.3 is 13.9 Å². The summed E-state index contributed by atoms with van der Waals surface area (Å²) < 4.78 is 15.5. The first kappa shape index (κ1) is 12.7. The standard InChI is InChI=1S/C14H8N2O5/c15-7-10(5-11-2-4-14(21-11)16(17)18)9-1-3-12-13(6-9)20-8-19-12/h1-6H,8H2/b10-5-. The number of rotatable bonds is 3. The zero-order valence-corrected chi connectivity index (χ0v) is 10.6. The minimum atomic E-state index is -0.635. The molecule has 0 fully saturated rings. The molecule has 0 radical (unpaired) electrons. The molecule has 1 aliphatic rings. The molecule has 1 aromatic carbocycles. The lowest BCUT2D eigenvalue weighted by Crippen LogP contribution is -1.92. The molecule has 2 heterocycles. The van der Waals surface area contributed by atoms with Gasteiger partial charge in [0.1, 0.15) is 10.7 Å². The lowest BCUT2D eigenvalue weighted by molar-refractivity contribution is -0.402. The number of nitro groups is 1. The fraction of sp³-hybridized carbons (Fsp3) is 0.0714. The number of benzene rings is 1. The van der Waals surface area contributed by atoms with Gasteiger partial charge in [-0.2, -0.15) is 5.26 Å². The summed E-state index contributed by atoms with van der Waals surface area (Å²) >= 11 is 0. The summed E-state index contributed by atoms with van der Waals surface area (Å²) in [6.45, 7) is 0.148. The molecule has 0 bridgehead atoms. The van der Waals surface area contributed by atoms with E-state index in [4.69, 9.17) is 13.9 Å². The van der Waals surface area contributed by atoms with E-state index in [-0.39, 0.29) is 18.4 Å². The van der Waals surface area contributed by atoms with Gasteiger partial charge in [-0.05, 0) is 35.9 Å². The average molecular weight is 284 g/mol. The Bertz CT molecular complexity index is 785. The number of hydrogen-bond donors (Lipinski definition) is 0. The van der Waals surface area contributed by atoms with Gasteiger partial charge in [0, 0.05) is 0 Å². The van der Waals surface area contributed by atoms with Gasteiger partial charge in [0.2, 0.25) is 6.79 Å². The van der Waals surface area contributed by atoms with Crippen molar-refractivity contribution in [2.75, 3.05) is 6.79 Å². The highest BCUT2D eigenvalue weighted by molar-refractivity contribution is 5.89. The van der Waals surface area contributed by atoms with Gasteiger partial charge in [0.25, 0.3) is 0 Å². The molecule has 0 atom stereocenters. The lowest BCUT2D eigenvalue weighted by atomic mass is 10.1. The van der Waals surface area contributed by atoms with E-state index in [0.29, 0.717) is 22.6 Å². The predicted molar refractivity (Wildman–Crippen MR) is 71.4 cm³/mol. The highest BCUT2D eigenvalue weighted by Gasteiger charge is 2.16. The third-order valence-corrected chi connectivity index (χ3v) is 2.88. The van der Waals surface area contributed by atoms with Gasteiger partial charge in [0.15, 0.2) is 11.5 Å². The van der Waals surface area contributed by atoms with E-state index in [2.05, 4.69) is 0 Å². The average Bonchev–Trinajstić information content (AvgIpc) is 3.12. The molecule has 0 N–H and O–H groups in total. The maximum absolute atomic E-state index is 10.6. The van der Waals surface area contributed by atoms with Crippen molar-refractivity contribution in [2.45, 2.75) is 0 Å². The second-order valence-electron chi connectivity index (χ2n) is 4.17. The molecule has 0 unspecified atom stereocenters. The molecule has 0 saturated carbocycles. The van der Waals surface area contributed by atoms with Crippen molar-refractivity contribution >= 4 is 17.5 Å². The summed E-state index contributed by atoms with van der Waals surface area (Å²) in [6.07, 6.45) is 1.44. The first-order valence-corrected chi connectivity index (χ1v) is 5.93. The molecule has 0 amide bonds. The molecule has 7 nitrogen and oxygen atoms in total. The molecule has 21 heavy (non-hydrogen) atoms. The Morgan fingerprint density at radius 3 is 2.81 bits per heavy atom. The number of fused-ring (bicyclic) bond motifs is 1. The van der Waals surface area contributed by atoms with Gasteiger partial charge in [-0.1, -0.05) is 0 Å². The second-order valence-corrected chi connectivity index (χ2v) is 4.17. The number of furan rings is 1. The lowest BCUT2D eigenvalue weighted by Gasteiger charge is -2.00. The fourth-order valence-electron chi connectivity index (χ4n) is 1.90. The number of allylic oxidation sites excluding steroid dienone is 1. The first-order valence-electron chi connectivity index (χ1n) is 5.93. The van der Waals surface area contributed by atoms with Gasteiger partial charge >= 0.3 is 5.88 Å². The summed E-state index contributed by atoms with van der Waals surface area (Å²) in [6, 6.07) is 9.79. The molecule has 1 aliphatic heterocycles. The number of nitrogens with zero attached hydrogens (tertiary/aromatic N) is 2. The normalized spacial score (nSPS) is 13.0. The number of hydrogen-bond acceptors (Lipinski definition) is 6. The zero-order chi connectivity index (χ0) is 14.8. The van der Waals surface area contributed by atoms with Crippen molar-refractivity contribution < 1.29 is 18.8 Å². The molecule has 0 spiro atoms. The summed E-state index contributed by atoms with van der Waals surface area (Å²) in [5.74, 6) is 1.03. The van der Waals surface area contributed by atoms with Crippen LogP contribution < -0.4 is 9.47 Å². The monoisotopic (exact) mass is 284 g/mol. The Hall–Kier alpha value is -3.27. The van der Waals surface area contributed by atoms with Crippen LogP contribution in [0.1, 0.15) is 11.3 Å². The zero-order valence-electron chi connectivity index (χ0n) is 10.6. The van der Waals surface area contributed by atoms with Crippen LogP contribution in [0.3, 0.4) is 0 Å². The molecule has 104 valence electrons. The fourth-order valence-corrected chi connectivity index (χ4v) is 1.90. The summed E-state index contributed by atoms with van der Waals surface area (Å²) in [5.41, 5.74) is 0.915. The van der Waals surface area contributed by atoms with E-state index in [0.717, 1.165) is 0 Å². The molecule has 0 aliphatic carbocycles. The minimum Gasteiger partial charge on any atom is -0.454 e. The van der Waals surface area contributed by atoms with Crippen molar-refractivity contribution in [2.24, 2.45) is 0 Å². The van der Waals surface area contributed by atoms with Crippen LogP contribution in [-0.2, 0) is 0 Å². The van der Waals surface area contributed by atoms with Crippen molar-refractivity contribution in [1.82, 2.24) is 0 Å². The molecule has 2 aromatic rings. The van der Waals surface area contributed by atoms with Crippen LogP contribution in [0, 0.1) is 21.4 Å². The van der Waals surface area contributed by atoms with E-state index in [1.54, 1.807) is 18.2 Å². The van der Waals surface area contributed by atoms with E-state index in [1.165, 1.54) is 18.2 Å². The van der Waals surface area contributed by atoms with Crippen LogP contribution in [0.25, 0.3) is 11.6 Å². The van der Waals surface area contributed by atoms with Crippen LogP contribution in [0.2, 0.25) is 0 Å². The SMILES string of the molecule is N#C/C(=C/c1ccc([N+](=O)[O-])o1)c1ccc2c(c1)OCO2. The topological polar surface area (TPSA) is 98.5 Å². The molecular weight excluding hydrogens is 276 g/mol. The largest absolute Gasteiger partial charge is 0.454 e. The Balaban J connectivity index is 1.96. The van der Waals surface area contributed by atoms with E-state index in [1.807, 2.05) is 6.07 Å². The maximum Gasteiger partial charge on any atom is 0.433 e. The quantitative estimate of drug-likeness (QED) is 0.488. The number of ether oxygens (including phenoxy) is 2. The van der Waals surface area contributed by atoms with E-state index >= 15 is 0 Å². The number of nitriles is 1. The smallest absolute Gasteiger partial charge is 0.433 e. The van der Waals surface area contributed by atoms with Crippen LogP contribution in [0.5, 0.6) is 11.5 Å². The summed E-state index contributed by atoms with van der Waals surface area (Å²) in [5, 5.41) is 19.8. The Morgan fingerprint density at radius 2 is 2.10 bits per heavy atom. The van der Waals surface area contributed by atoms with Crippen molar-refractivity contribution in [3.05, 3.63) is 51.8 Å². The Kier molecular flexibility index (Phi) is 3.04. The highest BCUT2D eigenvalue weighted by atomic mass is 16.7. The van der Waals surface area contributed by atoms with E-state index in [9.17, 15) is 15.4 Å². The molecular formula is C14H8N2O5. The minimum absolute atomic E-state index is 0.148. The van der Waals surface area contributed by atoms with Gasteiger partial charge in [-0.15, -0.1) is 0 Å². The van der Waals surface area contributed by atoms with Crippen molar-refractivity contribution in [3.8, 4) is 17.6 Å². The van der Waals surface area contributed by atoms with Crippen molar-refractivity contribution in [3.63, 3.8) is 0 Å². The molecule has 1 aromatic heterocycles. The molecule has 0 saturated heterocycles. The van der Waals surface area contributed by atoms with Crippen molar-refractivity contribution in [1.29, 1.82) is 5.26 Å². The van der Waals surface area contributed by atoms with Gasteiger partial charge in [-0.3, -0.25) is 10.1 Å². The molecule has 3 rings (SSSR count). The van der Waals surface area contributed by atoms with E-state index < -0.39 is 4.92 Å². The Labute approximate surface area is 118 Å². The van der Waals surface area contributed by atoms with Crippen LogP contribution in [0.15, 0.2) is 34.7 Å². The summed E-state index contributed by atoms with van der Waals surface area (Å²) in [7, 11) is 0.